The number of rotatable bonds is 3. The molecule has 0 aliphatic carbocycles. The van der Waals surface area contributed by atoms with Crippen LogP contribution >= 0.6 is 49.9 Å². The van der Waals surface area contributed by atoms with Crippen molar-refractivity contribution in [3.63, 3.8) is 0 Å². The van der Waals surface area contributed by atoms with Crippen LogP contribution in [0.3, 0.4) is 0 Å². The van der Waals surface area contributed by atoms with Crippen LogP contribution in [0.25, 0.3) is 0 Å². The molecule has 1 nitrogen and oxygen atoms in total. The van der Waals surface area contributed by atoms with E-state index in [-0.39, 0.29) is 6.04 Å². The number of aryl methyl sites for hydroxylation is 1. The Morgan fingerprint density at radius 1 is 1.35 bits per heavy atom. The molecule has 0 aliphatic heterocycles. The molecule has 0 bridgehead atoms. The molecule has 0 aliphatic rings. The van der Waals surface area contributed by atoms with Crippen molar-refractivity contribution in [2.24, 2.45) is 0 Å². The van der Waals surface area contributed by atoms with Gasteiger partial charge in [0, 0.05) is 12.9 Å². The highest BCUT2D eigenvalue weighted by Gasteiger charge is 2.18. The highest BCUT2D eigenvalue weighted by molar-refractivity contribution is 14.1. The molecule has 2 aromatic rings. The zero-order valence-electron chi connectivity index (χ0n) is 9.63. The highest BCUT2D eigenvalue weighted by Crippen LogP contribution is 2.33. The van der Waals surface area contributed by atoms with E-state index in [0.29, 0.717) is 0 Å². The van der Waals surface area contributed by atoms with Crippen molar-refractivity contribution >= 4 is 49.9 Å². The predicted molar refractivity (Wildman–Crippen MR) is 86.8 cm³/mol. The van der Waals surface area contributed by atoms with Gasteiger partial charge in [0.25, 0.3) is 0 Å². The standard InChI is InChI=1S/C13H13BrINS/c1-8-5-6-17-13(8)12(16-2)10-7-9(15)3-4-11(10)14/h3-7,12,16H,1-2H3. The minimum absolute atomic E-state index is 0.263. The van der Waals surface area contributed by atoms with Crippen molar-refractivity contribution in [1.29, 1.82) is 0 Å². The number of thiophene rings is 1. The maximum absolute atomic E-state index is 3.64. The molecule has 0 radical (unpaired) electrons. The summed E-state index contributed by atoms with van der Waals surface area (Å²) in [7, 11) is 2.01. The Balaban J connectivity index is 2.49. The van der Waals surface area contributed by atoms with Gasteiger partial charge in [-0.2, -0.15) is 0 Å². The lowest BCUT2D eigenvalue weighted by molar-refractivity contribution is 0.697. The summed E-state index contributed by atoms with van der Waals surface area (Å²) in [6.07, 6.45) is 0. The van der Waals surface area contributed by atoms with E-state index >= 15 is 0 Å². The first-order chi connectivity index (χ1) is 8.13. The minimum Gasteiger partial charge on any atom is -0.309 e. The Labute approximate surface area is 128 Å². The van der Waals surface area contributed by atoms with Crippen molar-refractivity contribution in [1.82, 2.24) is 5.32 Å². The zero-order valence-corrected chi connectivity index (χ0v) is 14.2. The van der Waals surface area contributed by atoms with Crippen molar-refractivity contribution in [3.8, 4) is 0 Å². The third kappa shape index (κ3) is 2.92. The number of hydrogen-bond acceptors (Lipinski definition) is 2. The van der Waals surface area contributed by atoms with Gasteiger partial charge in [-0.1, -0.05) is 15.9 Å². The second-order valence-corrected chi connectivity index (χ2v) is 6.90. The zero-order chi connectivity index (χ0) is 12.4. The molecule has 0 saturated carbocycles. The number of halogens is 2. The molecule has 17 heavy (non-hydrogen) atoms. The molecular weight excluding hydrogens is 409 g/mol. The molecule has 1 N–H and O–H groups in total. The Kier molecular flexibility index (Phi) is 4.63. The van der Waals surface area contributed by atoms with Crippen LogP contribution in [0.15, 0.2) is 34.1 Å². The van der Waals surface area contributed by atoms with Crippen LogP contribution in [0.5, 0.6) is 0 Å². The smallest absolute Gasteiger partial charge is 0.0682 e. The van der Waals surface area contributed by atoms with E-state index < -0.39 is 0 Å². The normalized spacial score (nSPS) is 12.7. The van der Waals surface area contributed by atoms with Gasteiger partial charge < -0.3 is 5.32 Å². The second-order valence-electron chi connectivity index (χ2n) is 3.86. The van der Waals surface area contributed by atoms with Gasteiger partial charge in [-0.15, -0.1) is 11.3 Å². The summed E-state index contributed by atoms with van der Waals surface area (Å²) in [5, 5.41) is 5.56. The fourth-order valence-corrected chi connectivity index (χ4v) is 3.89. The monoisotopic (exact) mass is 421 g/mol. The van der Waals surface area contributed by atoms with Crippen molar-refractivity contribution in [2.45, 2.75) is 13.0 Å². The molecule has 1 heterocycles. The van der Waals surface area contributed by atoms with Crippen LogP contribution in [0.2, 0.25) is 0 Å². The Hall–Kier alpha value is 0.0900. The van der Waals surface area contributed by atoms with Gasteiger partial charge >= 0.3 is 0 Å². The van der Waals surface area contributed by atoms with Gasteiger partial charge in [-0.25, -0.2) is 0 Å². The lowest BCUT2D eigenvalue weighted by Crippen LogP contribution is -2.18. The first-order valence-corrected chi connectivity index (χ1v) is 8.05. The number of benzene rings is 1. The third-order valence-electron chi connectivity index (χ3n) is 2.72. The van der Waals surface area contributed by atoms with Crippen molar-refractivity contribution < 1.29 is 0 Å². The fourth-order valence-electron chi connectivity index (χ4n) is 1.84. The van der Waals surface area contributed by atoms with Gasteiger partial charge in [0.15, 0.2) is 0 Å². The molecule has 0 fully saturated rings. The Morgan fingerprint density at radius 2 is 2.12 bits per heavy atom. The van der Waals surface area contributed by atoms with Crippen LogP contribution in [-0.4, -0.2) is 7.05 Å². The van der Waals surface area contributed by atoms with Crippen LogP contribution < -0.4 is 5.32 Å². The average molecular weight is 422 g/mol. The largest absolute Gasteiger partial charge is 0.309 e. The molecule has 0 amide bonds. The molecule has 90 valence electrons. The van der Waals surface area contributed by atoms with Gasteiger partial charge in [0.2, 0.25) is 0 Å². The van der Waals surface area contributed by atoms with Gasteiger partial charge in [0.1, 0.15) is 0 Å². The Bertz CT molecular complexity index is 524. The summed E-state index contributed by atoms with van der Waals surface area (Å²) < 4.78 is 2.42. The van der Waals surface area contributed by atoms with Gasteiger partial charge in [-0.05, 0) is 77.3 Å². The molecule has 1 unspecified atom stereocenters. The maximum Gasteiger partial charge on any atom is 0.0682 e. The van der Waals surface area contributed by atoms with Crippen LogP contribution in [0.1, 0.15) is 22.0 Å². The molecule has 1 atom stereocenters. The van der Waals surface area contributed by atoms with E-state index in [1.165, 1.54) is 19.6 Å². The quantitative estimate of drug-likeness (QED) is 0.706. The fraction of sp³-hybridized carbons (Fsp3) is 0.231. The van der Waals surface area contributed by atoms with E-state index in [9.17, 15) is 0 Å². The van der Waals surface area contributed by atoms with Crippen LogP contribution in [0.4, 0.5) is 0 Å². The summed E-state index contributed by atoms with van der Waals surface area (Å²) in [5.74, 6) is 0. The van der Waals surface area contributed by atoms with Gasteiger partial charge in [-0.3, -0.25) is 0 Å². The first kappa shape index (κ1) is 13.5. The number of nitrogens with one attached hydrogen (secondary N) is 1. The molecule has 0 saturated heterocycles. The van der Waals surface area contributed by atoms with Crippen molar-refractivity contribution in [3.05, 3.63) is 53.7 Å². The molecule has 1 aromatic heterocycles. The highest BCUT2D eigenvalue weighted by atomic mass is 127. The van der Waals surface area contributed by atoms with Crippen LogP contribution in [-0.2, 0) is 0 Å². The predicted octanol–water partition coefficient (Wildman–Crippen LogP) is 4.73. The summed E-state index contributed by atoms with van der Waals surface area (Å²) in [4.78, 5) is 1.38. The van der Waals surface area contributed by atoms with Gasteiger partial charge in [0.05, 0.1) is 6.04 Å². The minimum atomic E-state index is 0.263. The maximum atomic E-state index is 3.64. The molecule has 2 rings (SSSR count). The molecule has 4 heteroatoms. The second kappa shape index (κ2) is 5.82. The molecule has 1 aromatic carbocycles. The topological polar surface area (TPSA) is 12.0 Å². The lowest BCUT2D eigenvalue weighted by atomic mass is 10.0. The van der Waals surface area contributed by atoms with E-state index in [1.54, 1.807) is 11.3 Å². The van der Waals surface area contributed by atoms with E-state index in [2.05, 4.69) is 80.4 Å². The van der Waals surface area contributed by atoms with Crippen molar-refractivity contribution in [2.75, 3.05) is 7.05 Å². The third-order valence-corrected chi connectivity index (χ3v) is 5.20. The number of hydrogen-bond donors (Lipinski definition) is 1. The van der Waals surface area contributed by atoms with E-state index in [0.717, 1.165) is 4.47 Å². The lowest BCUT2D eigenvalue weighted by Gasteiger charge is -2.18. The summed E-state index contributed by atoms with van der Waals surface area (Å²) in [6.45, 7) is 2.16. The van der Waals surface area contributed by atoms with Crippen LogP contribution in [0, 0.1) is 10.5 Å². The first-order valence-electron chi connectivity index (χ1n) is 5.29. The Morgan fingerprint density at radius 3 is 2.71 bits per heavy atom. The van der Waals surface area contributed by atoms with E-state index in [4.69, 9.17) is 0 Å². The summed E-state index contributed by atoms with van der Waals surface area (Å²) in [5.41, 5.74) is 2.64. The van der Waals surface area contributed by atoms with E-state index in [1.807, 2.05) is 7.05 Å². The summed E-state index contributed by atoms with van der Waals surface area (Å²) >= 11 is 7.80. The molecule has 0 spiro atoms. The summed E-state index contributed by atoms with van der Waals surface area (Å²) in [6, 6.07) is 8.89. The average Bonchev–Trinajstić information content (AvgIpc) is 2.71. The SMILES string of the molecule is CNC(c1cc(I)ccc1Br)c1sccc1C. The molecular formula is C13H13BrINS.